The lowest BCUT2D eigenvalue weighted by atomic mass is 9.85. The first-order chi connectivity index (χ1) is 13.1. The van der Waals surface area contributed by atoms with Crippen LogP contribution in [0.3, 0.4) is 0 Å². The Hall–Kier alpha value is -2.70. The number of rotatable bonds is 4. The molecule has 1 saturated carbocycles. The van der Waals surface area contributed by atoms with Gasteiger partial charge in [0.05, 0.1) is 11.9 Å². The molecule has 0 aromatic carbocycles. The second kappa shape index (κ2) is 7.50. The van der Waals surface area contributed by atoms with Crippen LogP contribution in [0.15, 0.2) is 24.5 Å². The standard InChI is InChI=1S/C20H25N5O2/c1-13(26)23-16-5-2-4-15(10-16)20(27)24-18-11-14(7-8-21-18)17-12-22-19-6-3-9-25(17)19/h7-8,11-12,15-16H,2-6,9-10H2,1H3,(H,23,26)(H,21,24,27)/t15-,16+/m0/s1. The largest absolute Gasteiger partial charge is 0.354 e. The maximum Gasteiger partial charge on any atom is 0.228 e. The van der Waals surface area contributed by atoms with E-state index >= 15 is 0 Å². The highest BCUT2D eigenvalue weighted by molar-refractivity contribution is 5.92. The summed E-state index contributed by atoms with van der Waals surface area (Å²) in [6.07, 6.45) is 9.17. The van der Waals surface area contributed by atoms with Crippen LogP contribution in [0.25, 0.3) is 11.3 Å². The number of fused-ring (bicyclic) bond motifs is 1. The summed E-state index contributed by atoms with van der Waals surface area (Å²) in [5.74, 6) is 1.53. The number of aromatic nitrogens is 3. The number of amides is 2. The summed E-state index contributed by atoms with van der Waals surface area (Å²) in [5, 5.41) is 5.90. The molecule has 1 aliphatic carbocycles. The molecule has 27 heavy (non-hydrogen) atoms. The maximum atomic E-state index is 12.7. The van der Waals surface area contributed by atoms with Crippen LogP contribution in [-0.2, 0) is 22.6 Å². The Balaban J connectivity index is 1.45. The number of pyridine rings is 1. The zero-order valence-corrected chi connectivity index (χ0v) is 15.6. The molecule has 2 aliphatic rings. The van der Waals surface area contributed by atoms with E-state index in [0.29, 0.717) is 12.2 Å². The van der Waals surface area contributed by atoms with E-state index in [1.807, 2.05) is 18.3 Å². The Bertz CT molecular complexity index is 860. The van der Waals surface area contributed by atoms with Crippen LogP contribution < -0.4 is 10.6 Å². The fourth-order valence-corrected chi connectivity index (χ4v) is 4.22. The second-order valence-electron chi connectivity index (χ2n) is 7.49. The Labute approximate surface area is 158 Å². The highest BCUT2D eigenvalue weighted by atomic mass is 16.2. The van der Waals surface area contributed by atoms with Gasteiger partial charge < -0.3 is 15.2 Å². The molecule has 0 bridgehead atoms. The summed E-state index contributed by atoms with van der Waals surface area (Å²) in [6.45, 7) is 2.51. The molecule has 2 N–H and O–H groups in total. The molecule has 1 fully saturated rings. The van der Waals surface area contributed by atoms with E-state index in [9.17, 15) is 9.59 Å². The minimum absolute atomic E-state index is 0.0202. The van der Waals surface area contributed by atoms with Gasteiger partial charge in [-0.25, -0.2) is 9.97 Å². The van der Waals surface area contributed by atoms with Gasteiger partial charge in [-0.1, -0.05) is 6.42 Å². The van der Waals surface area contributed by atoms with Crippen molar-refractivity contribution in [2.75, 3.05) is 5.32 Å². The third-order valence-corrected chi connectivity index (χ3v) is 5.48. The topological polar surface area (TPSA) is 88.9 Å². The zero-order chi connectivity index (χ0) is 18.8. The molecular weight excluding hydrogens is 342 g/mol. The van der Waals surface area contributed by atoms with Gasteiger partial charge in [0.1, 0.15) is 11.6 Å². The molecule has 4 rings (SSSR count). The molecule has 0 saturated heterocycles. The number of nitrogens with zero attached hydrogens (tertiary/aromatic N) is 3. The Morgan fingerprint density at radius 3 is 2.96 bits per heavy atom. The molecule has 7 heteroatoms. The van der Waals surface area contributed by atoms with Crippen molar-refractivity contribution < 1.29 is 9.59 Å². The number of carbonyl (C=O) groups is 2. The Kier molecular flexibility index (Phi) is 4.92. The lowest BCUT2D eigenvalue weighted by molar-refractivity contribution is -0.123. The first-order valence-electron chi connectivity index (χ1n) is 9.69. The first-order valence-corrected chi connectivity index (χ1v) is 9.69. The van der Waals surface area contributed by atoms with Crippen LogP contribution in [0.1, 0.15) is 44.9 Å². The lowest BCUT2D eigenvalue weighted by Gasteiger charge is -2.28. The van der Waals surface area contributed by atoms with Gasteiger partial charge in [-0.3, -0.25) is 9.59 Å². The predicted molar refractivity (Wildman–Crippen MR) is 102 cm³/mol. The molecule has 2 aromatic rings. The van der Waals surface area contributed by atoms with E-state index in [2.05, 4.69) is 25.2 Å². The van der Waals surface area contributed by atoms with Gasteiger partial charge in [-0.05, 0) is 37.8 Å². The monoisotopic (exact) mass is 367 g/mol. The number of nitrogens with one attached hydrogen (secondary N) is 2. The van der Waals surface area contributed by atoms with E-state index < -0.39 is 0 Å². The molecule has 0 spiro atoms. The number of carbonyl (C=O) groups excluding carboxylic acids is 2. The number of hydrogen-bond acceptors (Lipinski definition) is 4. The third-order valence-electron chi connectivity index (χ3n) is 5.48. The molecule has 2 amide bonds. The molecular formula is C20H25N5O2. The van der Waals surface area contributed by atoms with Gasteiger partial charge in [0.2, 0.25) is 11.8 Å². The van der Waals surface area contributed by atoms with Crippen LogP contribution in [0.2, 0.25) is 0 Å². The molecule has 7 nitrogen and oxygen atoms in total. The van der Waals surface area contributed by atoms with Crippen LogP contribution in [0, 0.1) is 5.92 Å². The number of anilines is 1. The highest BCUT2D eigenvalue weighted by Gasteiger charge is 2.28. The normalized spacial score (nSPS) is 21.5. The van der Waals surface area contributed by atoms with Gasteiger partial charge in [0.25, 0.3) is 0 Å². The van der Waals surface area contributed by atoms with Crippen molar-refractivity contribution in [1.82, 2.24) is 19.9 Å². The number of hydrogen-bond donors (Lipinski definition) is 2. The quantitative estimate of drug-likeness (QED) is 0.869. The predicted octanol–water partition coefficient (Wildman–Crippen LogP) is 2.52. The van der Waals surface area contributed by atoms with Gasteiger partial charge in [0.15, 0.2) is 0 Å². The van der Waals surface area contributed by atoms with Crippen molar-refractivity contribution in [1.29, 1.82) is 0 Å². The molecule has 0 unspecified atom stereocenters. The fourth-order valence-electron chi connectivity index (χ4n) is 4.22. The minimum atomic E-state index is -0.0970. The van der Waals surface area contributed by atoms with Crippen molar-refractivity contribution in [2.45, 2.75) is 58.0 Å². The van der Waals surface area contributed by atoms with Gasteiger partial charge in [-0.15, -0.1) is 0 Å². The van der Waals surface area contributed by atoms with Crippen molar-refractivity contribution >= 4 is 17.6 Å². The van der Waals surface area contributed by atoms with Crippen LogP contribution in [-0.4, -0.2) is 32.4 Å². The van der Waals surface area contributed by atoms with Crippen molar-refractivity contribution in [3.63, 3.8) is 0 Å². The summed E-state index contributed by atoms with van der Waals surface area (Å²) in [7, 11) is 0. The van der Waals surface area contributed by atoms with Crippen molar-refractivity contribution in [3.8, 4) is 11.3 Å². The van der Waals surface area contributed by atoms with Gasteiger partial charge in [-0.2, -0.15) is 0 Å². The second-order valence-corrected chi connectivity index (χ2v) is 7.49. The van der Waals surface area contributed by atoms with Crippen molar-refractivity contribution in [3.05, 3.63) is 30.4 Å². The summed E-state index contributed by atoms with van der Waals surface area (Å²) in [5.41, 5.74) is 2.09. The summed E-state index contributed by atoms with van der Waals surface area (Å²) in [6, 6.07) is 3.95. The van der Waals surface area contributed by atoms with Crippen LogP contribution in [0.4, 0.5) is 5.82 Å². The number of aryl methyl sites for hydroxylation is 1. The van der Waals surface area contributed by atoms with Crippen LogP contribution >= 0.6 is 0 Å². The maximum absolute atomic E-state index is 12.7. The zero-order valence-electron chi connectivity index (χ0n) is 15.6. The van der Waals surface area contributed by atoms with E-state index in [-0.39, 0.29) is 23.8 Å². The molecule has 142 valence electrons. The fraction of sp³-hybridized carbons (Fsp3) is 0.500. The Morgan fingerprint density at radius 2 is 2.11 bits per heavy atom. The first kappa shape index (κ1) is 17.7. The van der Waals surface area contributed by atoms with Crippen LogP contribution in [0.5, 0.6) is 0 Å². The SMILES string of the molecule is CC(=O)N[C@@H]1CCC[C@H](C(=O)Nc2cc(-c3cnc4n3CCC4)ccn2)C1. The molecule has 0 radical (unpaired) electrons. The van der Waals surface area contributed by atoms with E-state index in [4.69, 9.17) is 0 Å². The summed E-state index contributed by atoms with van der Waals surface area (Å²) < 4.78 is 2.24. The minimum Gasteiger partial charge on any atom is -0.354 e. The van der Waals surface area contributed by atoms with E-state index in [0.717, 1.165) is 55.7 Å². The average molecular weight is 367 g/mol. The molecule has 1 aliphatic heterocycles. The summed E-state index contributed by atoms with van der Waals surface area (Å²) in [4.78, 5) is 32.8. The van der Waals surface area contributed by atoms with E-state index in [1.165, 1.54) is 6.92 Å². The van der Waals surface area contributed by atoms with Gasteiger partial charge in [0, 0.05) is 43.6 Å². The highest BCUT2D eigenvalue weighted by Crippen LogP contribution is 2.28. The smallest absolute Gasteiger partial charge is 0.228 e. The Morgan fingerprint density at radius 1 is 1.22 bits per heavy atom. The van der Waals surface area contributed by atoms with E-state index in [1.54, 1.807) is 6.20 Å². The summed E-state index contributed by atoms with van der Waals surface area (Å²) >= 11 is 0. The molecule has 2 atom stereocenters. The lowest BCUT2D eigenvalue weighted by Crippen LogP contribution is -2.40. The third kappa shape index (κ3) is 3.86. The average Bonchev–Trinajstić information content (AvgIpc) is 3.25. The van der Waals surface area contributed by atoms with Gasteiger partial charge >= 0.3 is 0 Å². The molecule has 3 heterocycles. The number of imidazole rings is 1. The van der Waals surface area contributed by atoms with Crippen molar-refractivity contribution in [2.24, 2.45) is 5.92 Å². The molecule has 2 aromatic heterocycles.